The maximum absolute atomic E-state index is 12.1. The topological polar surface area (TPSA) is 62.2 Å². The molecule has 5 nitrogen and oxygen atoms in total. The Morgan fingerprint density at radius 1 is 1.35 bits per heavy atom. The lowest BCUT2D eigenvalue weighted by Crippen LogP contribution is -2.24. The summed E-state index contributed by atoms with van der Waals surface area (Å²) < 4.78 is 8.59. The molecular formula is C14H17N3O2S. The van der Waals surface area contributed by atoms with E-state index in [0.717, 1.165) is 11.1 Å². The molecule has 0 spiro atoms. The van der Waals surface area contributed by atoms with Crippen molar-refractivity contribution in [3.8, 4) is 5.75 Å². The Bertz CT molecular complexity index is 688. The third-order valence-corrected chi connectivity index (χ3v) is 3.40. The van der Waals surface area contributed by atoms with Crippen LogP contribution in [0, 0.1) is 0 Å². The first-order valence-corrected chi connectivity index (χ1v) is 6.70. The molecule has 2 aromatic rings. The van der Waals surface area contributed by atoms with E-state index in [1.807, 2.05) is 25.1 Å². The Morgan fingerprint density at radius 2 is 2.05 bits per heavy atom. The number of hydrogen-bond donors (Lipinski definition) is 1. The molecule has 0 aliphatic carbocycles. The van der Waals surface area contributed by atoms with Gasteiger partial charge in [-0.2, -0.15) is 0 Å². The van der Waals surface area contributed by atoms with Crippen LogP contribution in [0.4, 0.5) is 0 Å². The van der Waals surface area contributed by atoms with Gasteiger partial charge in [0, 0.05) is 30.1 Å². The van der Waals surface area contributed by atoms with Crippen molar-refractivity contribution in [1.82, 2.24) is 9.13 Å². The molecule has 0 fully saturated rings. The van der Waals surface area contributed by atoms with E-state index in [-0.39, 0.29) is 5.69 Å². The minimum Gasteiger partial charge on any atom is -0.496 e. The summed E-state index contributed by atoms with van der Waals surface area (Å²) in [6, 6.07) is 5.48. The number of nitrogens with two attached hydrogens (primary N) is 1. The van der Waals surface area contributed by atoms with Gasteiger partial charge >= 0.3 is 5.69 Å². The van der Waals surface area contributed by atoms with Gasteiger partial charge in [-0.25, -0.2) is 4.79 Å². The number of benzene rings is 1. The van der Waals surface area contributed by atoms with E-state index in [2.05, 4.69) is 0 Å². The molecular weight excluding hydrogens is 274 g/mol. The minimum absolute atomic E-state index is 0.0460. The molecule has 0 radical (unpaired) electrons. The fraction of sp³-hybridized carbons (Fsp3) is 0.286. The fourth-order valence-corrected chi connectivity index (χ4v) is 2.18. The van der Waals surface area contributed by atoms with E-state index >= 15 is 0 Å². The van der Waals surface area contributed by atoms with Gasteiger partial charge in [0.15, 0.2) is 0 Å². The first kappa shape index (κ1) is 14.3. The number of thiocarbonyl (C=S) groups is 1. The maximum Gasteiger partial charge on any atom is 0.328 e. The van der Waals surface area contributed by atoms with Crippen LogP contribution >= 0.6 is 12.2 Å². The number of aromatic nitrogens is 2. The predicted molar refractivity (Wildman–Crippen MR) is 82.3 cm³/mol. The van der Waals surface area contributed by atoms with Crippen molar-refractivity contribution in [3.63, 3.8) is 0 Å². The van der Waals surface area contributed by atoms with E-state index in [1.165, 1.54) is 0 Å². The number of ether oxygens (including phenoxy) is 1. The molecule has 2 rings (SSSR count). The van der Waals surface area contributed by atoms with Gasteiger partial charge in [0.1, 0.15) is 10.7 Å². The monoisotopic (exact) mass is 291 g/mol. The summed E-state index contributed by atoms with van der Waals surface area (Å²) in [5, 5.41) is 0. The van der Waals surface area contributed by atoms with Crippen molar-refractivity contribution in [2.45, 2.75) is 20.0 Å². The second kappa shape index (κ2) is 5.92. The predicted octanol–water partition coefficient (Wildman–Crippen LogP) is 1.36. The lowest BCUT2D eigenvalue weighted by Gasteiger charge is -2.10. The Hall–Kier alpha value is -2.08. The molecule has 0 bridgehead atoms. The molecule has 0 unspecified atom stereocenters. The summed E-state index contributed by atoms with van der Waals surface area (Å²) in [7, 11) is 1.60. The Morgan fingerprint density at radius 3 is 2.60 bits per heavy atom. The summed E-state index contributed by atoms with van der Waals surface area (Å²) in [6.07, 6.45) is 3.53. The maximum atomic E-state index is 12.1. The van der Waals surface area contributed by atoms with Gasteiger partial charge in [0.05, 0.1) is 13.7 Å². The average Bonchev–Trinajstić information content (AvgIpc) is 2.79. The van der Waals surface area contributed by atoms with Crippen molar-refractivity contribution in [2.24, 2.45) is 5.73 Å². The summed E-state index contributed by atoms with van der Waals surface area (Å²) in [6.45, 7) is 3.00. The third-order valence-electron chi connectivity index (χ3n) is 3.16. The number of nitrogens with zero attached hydrogens (tertiary/aromatic N) is 2. The molecule has 0 saturated carbocycles. The molecule has 0 amide bonds. The Labute approximate surface area is 122 Å². The molecule has 0 aliphatic heterocycles. The third kappa shape index (κ3) is 2.75. The van der Waals surface area contributed by atoms with E-state index < -0.39 is 0 Å². The number of methoxy groups -OCH3 is 1. The quantitative estimate of drug-likeness (QED) is 0.845. The van der Waals surface area contributed by atoms with Gasteiger partial charge in [-0.1, -0.05) is 12.2 Å². The minimum atomic E-state index is -0.0460. The number of hydrogen-bond acceptors (Lipinski definition) is 3. The van der Waals surface area contributed by atoms with E-state index in [9.17, 15) is 4.79 Å². The van der Waals surface area contributed by atoms with Crippen molar-refractivity contribution < 1.29 is 4.74 Å². The molecule has 2 N–H and O–H groups in total. The summed E-state index contributed by atoms with van der Waals surface area (Å²) in [5.74, 6) is 0.709. The normalized spacial score (nSPS) is 10.5. The molecule has 1 aromatic heterocycles. The van der Waals surface area contributed by atoms with Gasteiger partial charge in [0.2, 0.25) is 0 Å². The van der Waals surface area contributed by atoms with Crippen LogP contribution < -0.4 is 16.2 Å². The van der Waals surface area contributed by atoms with Crippen molar-refractivity contribution in [1.29, 1.82) is 0 Å². The zero-order valence-corrected chi connectivity index (χ0v) is 12.3. The van der Waals surface area contributed by atoms with Crippen LogP contribution in [-0.4, -0.2) is 21.2 Å². The second-order valence-corrected chi connectivity index (χ2v) is 4.83. The van der Waals surface area contributed by atoms with Crippen LogP contribution in [0.15, 0.2) is 35.4 Å². The van der Waals surface area contributed by atoms with Gasteiger partial charge < -0.3 is 10.5 Å². The molecule has 1 heterocycles. The van der Waals surface area contributed by atoms with Crippen LogP contribution in [0.5, 0.6) is 5.75 Å². The summed E-state index contributed by atoms with van der Waals surface area (Å²) in [5.41, 5.74) is 7.23. The molecule has 0 aliphatic rings. The van der Waals surface area contributed by atoms with Crippen molar-refractivity contribution >= 4 is 17.2 Å². The highest BCUT2D eigenvalue weighted by molar-refractivity contribution is 7.80. The molecule has 1 aromatic carbocycles. The smallest absolute Gasteiger partial charge is 0.328 e. The van der Waals surface area contributed by atoms with Crippen LogP contribution in [0.2, 0.25) is 0 Å². The van der Waals surface area contributed by atoms with Crippen molar-refractivity contribution in [3.05, 3.63) is 52.2 Å². The first-order chi connectivity index (χ1) is 9.56. The van der Waals surface area contributed by atoms with Crippen molar-refractivity contribution in [2.75, 3.05) is 7.11 Å². The van der Waals surface area contributed by atoms with Gasteiger partial charge in [0.25, 0.3) is 0 Å². The Kier molecular flexibility index (Phi) is 4.24. The second-order valence-electron chi connectivity index (χ2n) is 4.39. The molecule has 106 valence electrons. The van der Waals surface area contributed by atoms with E-state index in [0.29, 0.717) is 23.8 Å². The SMILES string of the molecule is CCn1ccn(Cc2cc(C(N)=S)ccc2OC)c1=O. The number of imidazole rings is 1. The van der Waals surface area contributed by atoms with Crippen LogP contribution in [0.1, 0.15) is 18.1 Å². The summed E-state index contributed by atoms with van der Waals surface area (Å²) >= 11 is 4.98. The van der Waals surface area contributed by atoms with Gasteiger partial charge in [-0.05, 0) is 25.1 Å². The standard InChI is InChI=1S/C14H17N3O2S/c1-3-16-6-7-17(14(16)18)9-11-8-10(13(15)20)4-5-12(11)19-2/h4-8H,3,9H2,1-2H3,(H2,15,20). The highest BCUT2D eigenvalue weighted by Crippen LogP contribution is 2.20. The molecule has 20 heavy (non-hydrogen) atoms. The van der Waals surface area contributed by atoms with Gasteiger partial charge in [-0.3, -0.25) is 9.13 Å². The van der Waals surface area contributed by atoms with Gasteiger partial charge in [-0.15, -0.1) is 0 Å². The molecule has 0 atom stereocenters. The largest absolute Gasteiger partial charge is 0.496 e. The van der Waals surface area contributed by atoms with Crippen LogP contribution in [-0.2, 0) is 13.1 Å². The fourth-order valence-electron chi connectivity index (χ4n) is 2.05. The highest BCUT2D eigenvalue weighted by Gasteiger charge is 2.09. The van der Waals surface area contributed by atoms with Crippen LogP contribution in [0.3, 0.4) is 0 Å². The lowest BCUT2D eigenvalue weighted by molar-refractivity contribution is 0.408. The number of rotatable bonds is 5. The Balaban J connectivity index is 2.40. The molecule has 0 saturated heterocycles. The highest BCUT2D eigenvalue weighted by atomic mass is 32.1. The van der Waals surface area contributed by atoms with E-state index in [4.69, 9.17) is 22.7 Å². The molecule has 6 heteroatoms. The van der Waals surface area contributed by atoms with Crippen LogP contribution in [0.25, 0.3) is 0 Å². The zero-order valence-electron chi connectivity index (χ0n) is 11.5. The average molecular weight is 291 g/mol. The lowest BCUT2D eigenvalue weighted by atomic mass is 10.1. The zero-order chi connectivity index (χ0) is 14.7. The number of aryl methyl sites for hydroxylation is 1. The first-order valence-electron chi connectivity index (χ1n) is 6.29. The van der Waals surface area contributed by atoms with E-state index in [1.54, 1.807) is 28.6 Å². The summed E-state index contributed by atoms with van der Waals surface area (Å²) in [4.78, 5) is 12.4.